The normalized spacial score (nSPS) is 22.0. The monoisotopic (exact) mass is 471 g/mol. The molecular weight excluding hydrogens is 449 g/mol. The highest BCUT2D eigenvalue weighted by Gasteiger charge is 2.33. The zero-order valence-corrected chi connectivity index (χ0v) is 18.5. The Kier molecular flexibility index (Phi) is 6.61. The number of rotatable bonds is 5. The molecular formula is C22H22FN5O4S. The maximum absolute atomic E-state index is 14.8. The molecule has 3 atom stereocenters. The minimum atomic E-state index is -0.796. The second-order valence-corrected chi connectivity index (χ2v) is 8.68. The van der Waals surface area contributed by atoms with Crippen molar-refractivity contribution in [3.05, 3.63) is 65.5 Å². The van der Waals surface area contributed by atoms with Crippen molar-refractivity contribution < 1.29 is 23.5 Å². The van der Waals surface area contributed by atoms with Gasteiger partial charge in [-0.3, -0.25) is 14.5 Å². The van der Waals surface area contributed by atoms with Crippen molar-refractivity contribution in [1.82, 2.24) is 10.6 Å². The number of carbonyl (C=O) groups is 3. The summed E-state index contributed by atoms with van der Waals surface area (Å²) in [4.78, 5) is 41.3. The number of halogens is 1. The smallest absolute Gasteiger partial charge is 0.414 e. The van der Waals surface area contributed by atoms with Crippen molar-refractivity contribution >= 4 is 40.5 Å². The Morgan fingerprint density at radius 1 is 1.27 bits per heavy atom. The van der Waals surface area contributed by atoms with E-state index in [2.05, 4.69) is 15.6 Å². The summed E-state index contributed by atoms with van der Waals surface area (Å²) >= 11 is 1.30. The third-order valence-electron chi connectivity index (χ3n) is 5.13. The number of nitrogens with two attached hydrogens (primary N) is 1. The highest BCUT2D eigenvalue weighted by atomic mass is 32.2. The molecule has 2 aromatic rings. The van der Waals surface area contributed by atoms with Crippen LogP contribution in [0.25, 0.3) is 0 Å². The van der Waals surface area contributed by atoms with Gasteiger partial charge in [0.05, 0.1) is 29.6 Å². The molecule has 1 saturated heterocycles. The van der Waals surface area contributed by atoms with Gasteiger partial charge in [-0.05, 0) is 23.8 Å². The van der Waals surface area contributed by atoms with Gasteiger partial charge in [0.15, 0.2) is 5.17 Å². The Labute approximate surface area is 193 Å². The SMILES string of the molecule is CC(=O)NC[C@H]1CN(c2ccc(C(=O)NC3=NC(N)C(c4ccccc4)S3)c(F)c2)C(=O)O1. The second kappa shape index (κ2) is 9.59. The van der Waals surface area contributed by atoms with Crippen LogP contribution in [0.5, 0.6) is 0 Å². The van der Waals surface area contributed by atoms with Crippen molar-refractivity contribution in [3.63, 3.8) is 0 Å². The number of amidine groups is 1. The lowest BCUT2D eigenvalue weighted by molar-refractivity contribution is -0.119. The van der Waals surface area contributed by atoms with Crippen molar-refractivity contribution in [2.75, 3.05) is 18.0 Å². The summed E-state index contributed by atoms with van der Waals surface area (Å²) in [5, 5.41) is 5.34. The average Bonchev–Trinajstić information content (AvgIpc) is 3.34. The highest BCUT2D eigenvalue weighted by Crippen LogP contribution is 2.37. The molecule has 9 nitrogen and oxygen atoms in total. The van der Waals surface area contributed by atoms with Crippen molar-refractivity contribution in [2.45, 2.75) is 24.4 Å². The van der Waals surface area contributed by atoms with E-state index in [4.69, 9.17) is 10.5 Å². The lowest BCUT2D eigenvalue weighted by Crippen LogP contribution is -2.33. The first-order valence-electron chi connectivity index (χ1n) is 10.2. The Balaban J connectivity index is 1.40. The zero-order valence-electron chi connectivity index (χ0n) is 17.7. The number of hydrogen-bond donors (Lipinski definition) is 3. The number of nitrogens with zero attached hydrogens (tertiary/aromatic N) is 2. The lowest BCUT2D eigenvalue weighted by Gasteiger charge is -2.14. The van der Waals surface area contributed by atoms with E-state index in [1.807, 2.05) is 30.3 Å². The van der Waals surface area contributed by atoms with Gasteiger partial charge >= 0.3 is 6.09 Å². The molecule has 11 heteroatoms. The van der Waals surface area contributed by atoms with Crippen LogP contribution in [0, 0.1) is 5.82 Å². The van der Waals surface area contributed by atoms with E-state index in [0.717, 1.165) is 11.6 Å². The van der Waals surface area contributed by atoms with Crippen LogP contribution in [-0.2, 0) is 9.53 Å². The fourth-order valence-corrected chi connectivity index (χ4v) is 4.58. The van der Waals surface area contributed by atoms with Crippen molar-refractivity contribution in [1.29, 1.82) is 0 Å². The summed E-state index contributed by atoms with van der Waals surface area (Å²) in [7, 11) is 0. The average molecular weight is 472 g/mol. The van der Waals surface area contributed by atoms with Gasteiger partial charge < -0.3 is 21.1 Å². The maximum Gasteiger partial charge on any atom is 0.414 e. The second-order valence-electron chi connectivity index (χ2n) is 7.55. The number of ether oxygens (including phenoxy) is 1. The number of thioether (sulfide) groups is 1. The molecule has 2 aliphatic heterocycles. The Bertz CT molecular complexity index is 1110. The van der Waals surface area contributed by atoms with Crippen LogP contribution < -0.4 is 21.3 Å². The van der Waals surface area contributed by atoms with Gasteiger partial charge in [0.1, 0.15) is 18.1 Å². The number of amides is 3. The molecule has 2 heterocycles. The van der Waals surface area contributed by atoms with Gasteiger partial charge in [0.2, 0.25) is 5.91 Å². The van der Waals surface area contributed by atoms with Gasteiger partial charge in [-0.25, -0.2) is 14.2 Å². The lowest BCUT2D eigenvalue weighted by atomic mass is 10.1. The first-order valence-corrected chi connectivity index (χ1v) is 11.1. The number of anilines is 1. The fourth-order valence-electron chi connectivity index (χ4n) is 3.51. The van der Waals surface area contributed by atoms with Crippen LogP contribution in [0.1, 0.15) is 28.1 Å². The first-order chi connectivity index (χ1) is 15.8. The first kappa shape index (κ1) is 22.7. The topological polar surface area (TPSA) is 126 Å². The number of nitrogens with one attached hydrogen (secondary N) is 2. The van der Waals surface area contributed by atoms with Gasteiger partial charge in [0, 0.05) is 6.92 Å². The van der Waals surface area contributed by atoms with Gasteiger partial charge in [-0.2, -0.15) is 0 Å². The largest absolute Gasteiger partial charge is 0.442 e. The van der Waals surface area contributed by atoms with E-state index in [1.165, 1.54) is 35.7 Å². The van der Waals surface area contributed by atoms with Crippen LogP contribution in [0.3, 0.4) is 0 Å². The molecule has 3 amide bonds. The van der Waals surface area contributed by atoms with Gasteiger partial charge in [0.25, 0.3) is 5.91 Å². The molecule has 0 saturated carbocycles. The predicted molar refractivity (Wildman–Crippen MR) is 122 cm³/mol. The molecule has 2 aliphatic rings. The molecule has 0 radical (unpaired) electrons. The number of aliphatic imine (C=N–C) groups is 1. The third kappa shape index (κ3) is 5.15. The maximum atomic E-state index is 14.8. The summed E-state index contributed by atoms with van der Waals surface area (Å²) in [6.45, 7) is 1.67. The summed E-state index contributed by atoms with van der Waals surface area (Å²) in [6, 6.07) is 13.4. The van der Waals surface area contributed by atoms with E-state index < -0.39 is 30.1 Å². The minimum absolute atomic E-state index is 0.149. The van der Waals surface area contributed by atoms with E-state index >= 15 is 0 Å². The number of benzene rings is 2. The fraction of sp³-hybridized carbons (Fsp3) is 0.273. The van der Waals surface area contributed by atoms with E-state index in [0.29, 0.717) is 5.17 Å². The van der Waals surface area contributed by atoms with E-state index in [1.54, 1.807) is 0 Å². The zero-order chi connectivity index (χ0) is 23.5. The van der Waals surface area contributed by atoms with Gasteiger partial charge in [-0.1, -0.05) is 42.1 Å². The minimum Gasteiger partial charge on any atom is -0.442 e. The summed E-state index contributed by atoms with van der Waals surface area (Å²) < 4.78 is 19.9. The molecule has 4 N–H and O–H groups in total. The van der Waals surface area contributed by atoms with E-state index in [-0.39, 0.29) is 35.5 Å². The molecule has 172 valence electrons. The number of cyclic esters (lactones) is 1. The van der Waals surface area contributed by atoms with Gasteiger partial charge in [-0.15, -0.1) is 0 Å². The highest BCUT2D eigenvalue weighted by molar-refractivity contribution is 8.14. The van der Waals surface area contributed by atoms with E-state index in [9.17, 15) is 18.8 Å². The predicted octanol–water partition coefficient (Wildman–Crippen LogP) is 2.15. The standard InChI is InChI=1S/C22H22FN5O4S/c1-12(29)25-10-15-11-28(22(31)32-15)14-7-8-16(17(23)9-14)20(30)27-21-26-19(24)18(33-21)13-5-3-2-4-6-13/h2-9,15,18-19H,10-11,24H2,1H3,(H,25,29)(H,26,27,30)/t15-,18?,19?/m0/s1. The molecule has 0 spiro atoms. The number of carbonyl (C=O) groups excluding carboxylic acids is 3. The summed E-state index contributed by atoms with van der Waals surface area (Å²) in [5.74, 6) is -1.71. The van der Waals surface area contributed by atoms with Crippen LogP contribution in [0.15, 0.2) is 53.5 Å². The Hall–Kier alpha value is -3.44. The van der Waals surface area contributed by atoms with Crippen LogP contribution in [-0.4, -0.2) is 48.4 Å². The molecule has 0 bridgehead atoms. The van der Waals surface area contributed by atoms with Crippen LogP contribution >= 0.6 is 11.8 Å². The molecule has 33 heavy (non-hydrogen) atoms. The molecule has 2 unspecified atom stereocenters. The van der Waals surface area contributed by atoms with Crippen molar-refractivity contribution in [2.24, 2.45) is 10.7 Å². The van der Waals surface area contributed by atoms with Crippen LogP contribution in [0.2, 0.25) is 0 Å². The molecule has 0 aliphatic carbocycles. The van der Waals surface area contributed by atoms with Crippen molar-refractivity contribution in [3.8, 4) is 0 Å². The quantitative estimate of drug-likeness (QED) is 0.614. The molecule has 1 fully saturated rings. The molecule has 4 rings (SSSR count). The Morgan fingerprint density at radius 3 is 2.73 bits per heavy atom. The molecule has 0 aromatic heterocycles. The molecule has 2 aromatic carbocycles. The third-order valence-corrected chi connectivity index (χ3v) is 6.36. The summed E-state index contributed by atoms with van der Waals surface area (Å²) in [5.41, 5.74) is 7.13. The summed E-state index contributed by atoms with van der Waals surface area (Å²) in [6.07, 6.45) is -1.74. The van der Waals surface area contributed by atoms with Crippen LogP contribution in [0.4, 0.5) is 14.9 Å². The Morgan fingerprint density at radius 2 is 2.03 bits per heavy atom. The number of hydrogen-bond acceptors (Lipinski definition) is 7.